The molecule has 150 valence electrons. The normalized spacial score (nSPS) is 10.3. The van der Waals surface area contributed by atoms with Crippen molar-refractivity contribution in [2.75, 3.05) is 25.6 Å². The Balaban J connectivity index is 2.02. The molecule has 8 heteroatoms. The number of anilines is 1. The van der Waals surface area contributed by atoms with E-state index in [9.17, 15) is 9.59 Å². The van der Waals surface area contributed by atoms with Crippen LogP contribution in [0.5, 0.6) is 11.5 Å². The summed E-state index contributed by atoms with van der Waals surface area (Å²) in [6, 6.07) is 8.53. The third-order valence-corrected chi connectivity index (χ3v) is 4.59. The third-order valence-electron chi connectivity index (χ3n) is 3.81. The molecule has 6 nitrogen and oxygen atoms in total. The second-order valence-corrected chi connectivity index (χ2v) is 7.35. The number of nitrogens with one attached hydrogen (secondary N) is 2. The zero-order valence-electron chi connectivity index (χ0n) is 15.9. The molecule has 0 aliphatic heterocycles. The van der Waals surface area contributed by atoms with Gasteiger partial charge < -0.3 is 20.1 Å². The molecule has 28 heavy (non-hydrogen) atoms. The summed E-state index contributed by atoms with van der Waals surface area (Å²) in [6.45, 7) is 4.16. The fourth-order valence-corrected chi connectivity index (χ4v) is 3.16. The van der Waals surface area contributed by atoms with Gasteiger partial charge in [0, 0.05) is 15.7 Å². The van der Waals surface area contributed by atoms with Crippen molar-refractivity contribution in [2.45, 2.75) is 20.3 Å². The van der Waals surface area contributed by atoms with Gasteiger partial charge in [-0.2, -0.15) is 0 Å². The summed E-state index contributed by atoms with van der Waals surface area (Å²) in [5.74, 6) is -0.0169. The van der Waals surface area contributed by atoms with Gasteiger partial charge in [-0.1, -0.05) is 34.5 Å². The maximum Gasteiger partial charge on any atom is 0.251 e. The van der Waals surface area contributed by atoms with E-state index in [1.165, 1.54) is 19.2 Å². The molecule has 0 heterocycles. The molecule has 0 radical (unpaired) electrons. The van der Waals surface area contributed by atoms with Gasteiger partial charge in [-0.15, -0.1) is 0 Å². The smallest absolute Gasteiger partial charge is 0.251 e. The summed E-state index contributed by atoms with van der Waals surface area (Å²) >= 11 is 9.60. The number of methoxy groups -OCH3 is 1. The van der Waals surface area contributed by atoms with Gasteiger partial charge in [0.15, 0.2) is 11.5 Å². The quantitative estimate of drug-likeness (QED) is 0.593. The molecule has 2 aromatic carbocycles. The Kier molecular flexibility index (Phi) is 8.14. The van der Waals surface area contributed by atoms with Crippen LogP contribution in [0, 0.1) is 6.92 Å². The summed E-state index contributed by atoms with van der Waals surface area (Å²) in [4.78, 5) is 24.5. The van der Waals surface area contributed by atoms with E-state index >= 15 is 0 Å². The minimum Gasteiger partial charge on any atom is -0.493 e. The van der Waals surface area contributed by atoms with E-state index in [0.29, 0.717) is 23.8 Å². The van der Waals surface area contributed by atoms with Crippen LogP contribution in [-0.4, -0.2) is 32.1 Å². The Morgan fingerprint density at radius 2 is 1.96 bits per heavy atom. The number of aryl methyl sites for hydroxylation is 1. The summed E-state index contributed by atoms with van der Waals surface area (Å²) in [6.07, 6.45) is 0.814. The van der Waals surface area contributed by atoms with Crippen molar-refractivity contribution in [1.82, 2.24) is 5.32 Å². The summed E-state index contributed by atoms with van der Waals surface area (Å²) in [7, 11) is 1.47. The topological polar surface area (TPSA) is 76.7 Å². The Morgan fingerprint density at radius 3 is 2.61 bits per heavy atom. The van der Waals surface area contributed by atoms with Crippen molar-refractivity contribution < 1.29 is 19.1 Å². The number of hydrogen-bond acceptors (Lipinski definition) is 4. The van der Waals surface area contributed by atoms with Crippen molar-refractivity contribution in [1.29, 1.82) is 0 Å². The maximum absolute atomic E-state index is 12.4. The van der Waals surface area contributed by atoms with Crippen molar-refractivity contribution in [2.24, 2.45) is 0 Å². The molecule has 0 spiro atoms. The zero-order chi connectivity index (χ0) is 20.7. The molecule has 0 atom stereocenters. The molecule has 0 saturated carbocycles. The van der Waals surface area contributed by atoms with Crippen molar-refractivity contribution in [3.8, 4) is 11.5 Å². The van der Waals surface area contributed by atoms with Crippen LogP contribution >= 0.6 is 27.5 Å². The first-order valence-electron chi connectivity index (χ1n) is 8.70. The molecule has 2 N–H and O–H groups in total. The number of halogens is 2. The van der Waals surface area contributed by atoms with Gasteiger partial charge in [0.25, 0.3) is 5.91 Å². The molecule has 2 rings (SSSR count). The van der Waals surface area contributed by atoms with E-state index in [1.807, 2.05) is 26.0 Å². The molecule has 0 aromatic heterocycles. The number of rotatable bonds is 8. The molecule has 0 saturated heterocycles. The Bertz CT molecular complexity index is 874. The van der Waals surface area contributed by atoms with E-state index < -0.39 is 5.91 Å². The average Bonchev–Trinajstić information content (AvgIpc) is 2.66. The van der Waals surface area contributed by atoms with Gasteiger partial charge in [-0.3, -0.25) is 9.59 Å². The first-order chi connectivity index (χ1) is 13.3. The first kappa shape index (κ1) is 22.0. The van der Waals surface area contributed by atoms with E-state index in [1.54, 1.807) is 6.07 Å². The SMILES string of the molecule is CCCOc1c(Cl)cc(C(=O)NCC(=O)Nc2ccc(Br)cc2C)cc1OC. The van der Waals surface area contributed by atoms with Crippen LogP contribution in [0.1, 0.15) is 29.3 Å². The predicted molar refractivity (Wildman–Crippen MR) is 114 cm³/mol. The van der Waals surface area contributed by atoms with Crippen LogP contribution in [0.4, 0.5) is 5.69 Å². The number of ether oxygens (including phenoxy) is 2. The average molecular weight is 470 g/mol. The Labute approximate surface area is 177 Å². The molecule has 0 bridgehead atoms. The van der Waals surface area contributed by atoms with Crippen molar-refractivity contribution in [3.63, 3.8) is 0 Å². The second kappa shape index (κ2) is 10.3. The first-order valence-corrected chi connectivity index (χ1v) is 9.87. The number of carbonyl (C=O) groups is 2. The summed E-state index contributed by atoms with van der Waals surface area (Å²) in [5.41, 5.74) is 1.87. The van der Waals surface area contributed by atoms with Gasteiger partial charge in [-0.25, -0.2) is 0 Å². The Morgan fingerprint density at radius 1 is 1.21 bits per heavy atom. The van der Waals surface area contributed by atoms with Gasteiger partial charge in [-0.05, 0) is 49.2 Å². The molecule has 2 amide bonds. The van der Waals surface area contributed by atoms with Gasteiger partial charge in [0.05, 0.1) is 25.3 Å². The molecule has 0 aliphatic carbocycles. The number of benzene rings is 2. The van der Waals surface area contributed by atoms with Crippen molar-refractivity contribution >= 4 is 45.0 Å². The standard InChI is InChI=1S/C20H22BrClN2O4/c1-4-7-28-19-15(22)9-13(10-17(19)27-3)20(26)23-11-18(25)24-16-6-5-14(21)8-12(16)2/h5-6,8-10H,4,7,11H2,1-3H3,(H,23,26)(H,24,25). The lowest BCUT2D eigenvalue weighted by molar-refractivity contribution is -0.115. The second-order valence-electron chi connectivity index (χ2n) is 6.03. The molecular formula is C20H22BrClN2O4. The molecular weight excluding hydrogens is 448 g/mol. The lowest BCUT2D eigenvalue weighted by Crippen LogP contribution is -2.33. The highest BCUT2D eigenvalue weighted by molar-refractivity contribution is 9.10. The minimum atomic E-state index is -0.440. The van der Waals surface area contributed by atoms with Gasteiger partial charge >= 0.3 is 0 Å². The third kappa shape index (κ3) is 5.87. The van der Waals surface area contributed by atoms with E-state index in [0.717, 1.165) is 16.5 Å². The lowest BCUT2D eigenvalue weighted by atomic mass is 10.2. The molecule has 0 fully saturated rings. The zero-order valence-corrected chi connectivity index (χ0v) is 18.2. The van der Waals surface area contributed by atoms with E-state index in [-0.39, 0.29) is 23.0 Å². The van der Waals surface area contributed by atoms with Crippen molar-refractivity contribution in [3.05, 3.63) is 51.0 Å². The fraction of sp³-hybridized carbons (Fsp3) is 0.300. The fourth-order valence-electron chi connectivity index (χ4n) is 2.42. The van der Waals surface area contributed by atoms with Crippen LogP contribution < -0.4 is 20.1 Å². The maximum atomic E-state index is 12.4. The highest BCUT2D eigenvalue weighted by Gasteiger charge is 2.16. The van der Waals surface area contributed by atoms with Crippen LogP contribution in [0.3, 0.4) is 0 Å². The number of hydrogen-bond donors (Lipinski definition) is 2. The molecule has 0 unspecified atom stereocenters. The largest absolute Gasteiger partial charge is 0.493 e. The van der Waals surface area contributed by atoms with E-state index in [2.05, 4.69) is 26.6 Å². The van der Waals surface area contributed by atoms with Gasteiger partial charge in [0.2, 0.25) is 5.91 Å². The summed E-state index contributed by atoms with van der Waals surface area (Å²) in [5, 5.41) is 5.61. The number of amides is 2. The van der Waals surface area contributed by atoms with Crippen LogP contribution in [0.15, 0.2) is 34.8 Å². The number of carbonyl (C=O) groups excluding carboxylic acids is 2. The Hall–Kier alpha value is -2.25. The van der Waals surface area contributed by atoms with Crippen LogP contribution in [-0.2, 0) is 4.79 Å². The van der Waals surface area contributed by atoms with Crippen LogP contribution in [0.25, 0.3) is 0 Å². The molecule has 2 aromatic rings. The highest BCUT2D eigenvalue weighted by Crippen LogP contribution is 2.36. The van der Waals surface area contributed by atoms with E-state index in [4.69, 9.17) is 21.1 Å². The summed E-state index contributed by atoms with van der Waals surface area (Å²) < 4.78 is 11.8. The minimum absolute atomic E-state index is 0.178. The predicted octanol–water partition coefficient (Wildman–Crippen LogP) is 4.58. The van der Waals surface area contributed by atoms with Gasteiger partial charge in [0.1, 0.15) is 0 Å². The highest BCUT2D eigenvalue weighted by atomic mass is 79.9. The molecule has 0 aliphatic rings. The van der Waals surface area contributed by atoms with Crippen LogP contribution in [0.2, 0.25) is 5.02 Å². The monoisotopic (exact) mass is 468 g/mol. The lowest BCUT2D eigenvalue weighted by Gasteiger charge is -2.14.